The Morgan fingerprint density at radius 1 is 1.33 bits per heavy atom. The van der Waals surface area contributed by atoms with Gasteiger partial charge in [-0.3, -0.25) is 0 Å². The maximum Gasteiger partial charge on any atom is 0.118 e. The van der Waals surface area contributed by atoms with E-state index < -0.39 is 8.46 Å². The molecular weight excluding hydrogens is 171 g/mol. The Morgan fingerprint density at radius 2 is 2.00 bits per heavy atom. The molecule has 1 aromatic carbocycles. The first kappa shape index (κ1) is 9.08. The first-order valence-corrected chi connectivity index (χ1v) is 4.76. The summed E-state index contributed by atoms with van der Waals surface area (Å²) >= 11 is 0. The second-order valence-corrected chi connectivity index (χ2v) is 2.93. The monoisotopic (exact) mass is 182 g/mol. The van der Waals surface area contributed by atoms with Gasteiger partial charge in [0.1, 0.15) is 5.75 Å². The molecule has 0 amide bonds. The number of hydrogen-bond donors (Lipinski definition) is 0. The maximum absolute atomic E-state index is 10.2. The van der Waals surface area contributed by atoms with Crippen LogP contribution in [0.15, 0.2) is 30.1 Å². The van der Waals surface area contributed by atoms with E-state index in [0.717, 1.165) is 11.3 Å². The Hall–Kier alpha value is -1.01. The van der Waals surface area contributed by atoms with Gasteiger partial charge in [-0.15, -0.1) is 0 Å². The van der Waals surface area contributed by atoms with E-state index in [1.165, 1.54) is 0 Å². The molecule has 0 saturated carbocycles. The highest BCUT2D eigenvalue weighted by molar-refractivity contribution is 7.28. The minimum Gasteiger partial charge on any atom is -0.497 e. The van der Waals surface area contributed by atoms with Crippen molar-refractivity contribution in [1.82, 2.24) is 0 Å². The van der Waals surface area contributed by atoms with Crippen molar-refractivity contribution in [2.45, 2.75) is 0 Å². The zero-order valence-corrected chi connectivity index (χ0v) is 8.01. The Balaban J connectivity index is 2.77. The third kappa shape index (κ3) is 2.55. The van der Waals surface area contributed by atoms with Gasteiger partial charge < -0.3 is 9.30 Å². The smallest absolute Gasteiger partial charge is 0.118 e. The van der Waals surface area contributed by atoms with Crippen LogP contribution in [0.5, 0.6) is 5.75 Å². The number of methoxy groups -OCH3 is 1. The summed E-state index contributed by atoms with van der Waals surface area (Å²) in [5.74, 6) is 2.50. The second kappa shape index (κ2) is 4.78. The fraction of sp³-hybridized carbons (Fsp3) is 0.111. The van der Waals surface area contributed by atoms with E-state index in [1.807, 2.05) is 30.3 Å². The summed E-state index contributed by atoms with van der Waals surface area (Å²) in [7, 11) is 0.838. The lowest BCUT2D eigenvalue weighted by atomic mass is 10.2. The lowest BCUT2D eigenvalue weighted by Gasteiger charge is -1.98. The Bertz CT molecular complexity index is 277. The van der Waals surface area contributed by atoms with Gasteiger partial charge in [-0.2, -0.15) is 0 Å². The molecule has 1 aromatic rings. The van der Waals surface area contributed by atoms with Crippen molar-refractivity contribution in [3.63, 3.8) is 0 Å². The fourth-order valence-corrected chi connectivity index (χ4v) is 1.17. The highest BCUT2D eigenvalue weighted by Crippen LogP contribution is 2.13. The van der Waals surface area contributed by atoms with Crippen molar-refractivity contribution in [1.29, 1.82) is 0 Å². The van der Waals surface area contributed by atoms with Crippen molar-refractivity contribution in [2.75, 3.05) is 7.11 Å². The molecule has 0 fully saturated rings. The van der Waals surface area contributed by atoms with Crippen LogP contribution >= 0.6 is 8.46 Å². The SMILES string of the molecule is COc1ccc(C=C[PH2]=O)cc1. The van der Waals surface area contributed by atoms with Crippen LogP contribution in [-0.2, 0) is 4.57 Å². The van der Waals surface area contributed by atoms with Crippen molar-refractivity contribution in [2.24, 2.45) is 0 Å². The van der Waals surface area contributed by atoms with Crippen LogP contribution in [0, 0.1) is 0 Å². The second-order valence-electron chi connectivity index (χ2n) is 2.27. The molecule has 1 unspecified atom stereocenters. The summed E-state index contributed by atoms with van der Waals surface area (Å²) in [5, 5.41) is 0. The Morgan fingerprint density at radius 3 is 2.50 bits per heavy atom. The molecule has 0 heterocycles. The van der Waals surface area contributed by atoms with Gasteiger partial charge in [0.05, 0.1) is 15.6 Å². The average molecular weight is 182 g/mol. The molecule has 0 bridgehead atoms. The van der Waals surface area contributed by atoms with Gasteiger partial charge in [0.2, 0.25) is 0 Å². The van der Waals surface area contributed by atoms with Gasteiger partial charge in [0.25, 0.3) is 0 Å². The summed E-state index contributed by atoms with van der Waals surface area (Å²) in [6.07, 6.45) is 1.84. The van der Waals surface area contributed by atoms with Crippen molar-refractivity contribution >= 4 is 14.5 Å². The molecule has 0 aliphatic carbocycles. The molecule has 0 saturated heterocycles. The third-order valence-electron chi connectivity index (χ3n) is 1.48. The molecule has 2 nitrogen and oxygen atoms in total. The van der Waals surface area contributed by atoms with Gasteiger partial charge >= 0.3 is 0 Å². The molecule has 0 radical (unpaired) electrons. The van der Waals surface area contributed by atoms with Crippen LogP contribution in [0.3, 0.4) is 0 Å². The zero-order valence-electron chi connectivity index (χ0n) is 6.86. The molecule has 64 valence electrons. The minimum absolute atomic E-state index is 0.794. The quantitative estimate of drug-likeness (QED) is 0.671. The van der Waals surface area contributed by atoms with E-state index in [4.69, 9.17) is 4.74 Å². The molecule has 3 heteroatoms. The molecule has 1 atom stereocenters. The Kier molecular flexibility index (Phi) is 3.62. The van der Waals surface area contributed by atoms with Crippen LogP contribution in [0.25, 0.3) is 6.08 Å². The normalized spacial score (nSPS) is 11.4. The summed E-state index contributed by atoms with van der Waals surface area (Å²) < 4.78 is 15.2. The molecule has 12 heavy (non-hydrogen) atoms. The standard InChI is InChI=1S/C9H11O2P/c1-11-9-4-2-8(3-5-9)6-7-12-10/h2-7H,12H2,1H3. The number of rotatable bonds is 3. The van der Waals surface area contributed by atoms with Crippen molar-refractivity contribution < 1.29 is 9.30 Å². The summed E-state index contributed by atoms with van der Waals surface area (Å²) in [6, 6.07) is 7.59. The summed E-state index contributed by atoms with van der Waals surface area (Å²) in [5.41, 5.74) is 1.04. The molecule has 0 spiro atoms. The highest BCUT2D eigenvalue weighted by Gasteiger charge is 1.88. The van der Waals surface area contributed by atoms with E-state index in [2.05, 4.69) is 0 Å². The third-order valence-corrected chi connectivity index (χ3v) is 1.83. The summed E-state index contributed by atoms with van der Waals surface area (Å²) in [6.45, 7) is 0. The van der Waals surface area contributed by atoms with E-state index in [9.17, 15) is 4.57 Å². The first-order valence-electron chi connectivity index (χ1n) is 3.62. The lowest BCUT2D eigenvalue weighted by Crippen LogP contribution is -1.80. The topological polar surface area (TPSA) is 26.3 Å². The van der Waals surface area contributed by atoms with Crippen LogP contribution in [0.1, 0.15) is 5.56 Å². The van der Waals surface area contributed by atoms with Crippen LogP contribution < -0.4 is 4.74 Å². The van der Waals surface area contributed by atoms with Gasteiger partial charge in [0.15, 0.2) is 0 Å². The average Bonchev–Trinajstić information content (AvgIpc) is 2.15. The predicted molar refractivity (Wildman–Crippen MR) is 52.4 cm³/mol. The fourth-order valence-electron chi connectivity index (χ4n) is 0.865. The molecule has 0 aliphatic rings. The number of hydrogen-bond acceptors (Lipinski definition) is 2. The van der Waals surface area contributed by atoms with Gasteiger partial charge in [-0.05, 0) is 23.5 Å². The zero-order chi connectivity index (χ0) is 8.81. The highest BCUT2D eigenvalue weighted by atomic mass is 31.1. The van der Waals surface area contributed by atoms with Crippen molar-refractivity contribution in [3.8, 4) is 5.75 Å². The Labute approximate surface area is 73.1 Å². The molecular formula is C9H11O2P. The molecule has 1 rings (SSSR count). The van der Waals surface area contributed by atoms with Crippen LogP contribution in [0.2, 0.25) is 0 Å². The number of ether oxygens (including phenoxy) is 1. The van der Waals surface area contributed by atoms with Gasteiger partial charge in [-0.1, -0.05) is 18.2 Å². The lowest BCUT2D eigenvalue weighted by molar-refractivity contribution is 0.415. The van der Waals surface area contributed by atoms with E-state index in [0.29, 0.717) is 0 Å². The predicted octanol–water partition coefficient (Wildman–Crippen LogP) is 2.42. The van der Waals surface area contributed by atoms with Crippen LogP contribution in [-0.4, -0.2) is 7.11 Å². The van der Waals surface area contributed by atoms with E-state index in [-0.39, 0.29) is 0 Å². The summed E-state index contributed by atoms with van der Waals surface area (Å²) in [4.78, 5) is 0. The largest absolute Gasteiger partial charge is 0.497 e. The van der Waals surface area contributed by atoms with Crippen molar-refractivity contribution in [3.05, 3.63) is 35.6 Å². The van der Waals surface area contributed by atoms with Crippen LogP contribution in [0.4, 0.5) is 0 Å². The maximum atomic E-state index is 10.2. The minimum atomic E-state index is -0.794. The van der Waals surface area contributed by atoms with Gasteiger partial charge in [0, 0.05) is 0 Å². The molecule has 0 aromatic heterocycles. The van der Waals surface area contributed by atoms with Gasteiger partial charge in [-0.25, -0.2) is 0 Å². The number of benzene rings is 1. The van der Waals surface area contributed by atoms with E-state index >= 15 is 0 Å². The first-order chi connectivity index (χ1) is 5.86. The molecule has 0 N–H and O–H groups in total. The van der Waals surface area contributed by atoms with E-state index in [1.54, 1.807) is 12.9 Å². The molecule has 0 aliphatic heterocycles.